The molecule has 0 N–H and O–H groups in total. The molecule has 0 unspecified atom stereocenters. The Labute approximate surface area is 86.2 Å². The first-order valence-corrected chi connectivity index (χ1v) is 6.22. The predicted molar refractivity (Wildman–Crippen MR) is 60.6 cm³/mol. The third-order valence-electron chi connectivity index (χ3n) is 1.77. The lowest BCUT2D eigenvalue weighted by Crippen LogP contribution is -1.75. The van der Waals surface area contributed by atoms with Gasteiger partial charge in [0.05, 0.1) is 15.7 Å². The maximum atomic E-state index is 4.29. The molecule has 3 heteroatoms. The van der Waals surface area contributed by atoms with E-state index < -0.39 is 0 Å². The molecule has 0 atom stereocenters. The molecule has 0 amide bonds. The van der Waals surface area contributed by atoms with Crippen LogP contribution in [-0.4, -0.2) is 10.7 Å². The van der Waals surface area contributed by atoms with Crippen LogP contribution in [0, 0.1) is 0 Å². The molecule has 0 fully saturated rings. The van der Waals surface area contributed by atoms with Crippen LogP contribution >= 0.6 is 23.1 Å². The minimum atomic E-state index is 1.13. The molecule has 0 aliphatic carbocycles. The van der Waals surface area contributed by atoms with E-state index in [1.165, 1.54) is 21.8 Å². The van der Waals surface area contributed by atoms with Gasteiger partial charge in [-0.3, -0.25) is 0 Å². The highest BCUT2D eigenvalue weighted by Crippen LogP contribution is 2.25. The van der Waals surface area contributed by atoms with Crippen LogP contribution in [0.15, 0.2) is 28.6 Å². The Hall–Kier alpha value is -0.540. The fourth-order valence-corrected chi connectivity index (χ4v) is 2.61. The second-order valence-corrected chi connectivity index (χ2v) is 4.89. The SMILES string of the molecule is CCCSc1ccc2scnc2c1. The van der Waals surface area contributed by atoms with Crippen LogP contribution in [0.4, 0.5) is 0 Å². The average Bonchev–Trinajstić information content (AvgIpc) is 2.61. The van der Waals surface area contributed by atoms with Gasteiger partial charge in [-0.25, -0.2) is 4.98 Å². The molecule has 0 saturated carbocycles. The van der Waals surface area contributed by atoms with Crippen LogP contribution < -0.4 is 0 Å². The van der Waals surface area contributed by atoms with Gasteiger partial charge in [-0.15, -0.1) is 23.1 Å². The van der Waals surface area contributed by atoms with Gasteiger partial charge in [-0.2, -0.15) is 0 Å². The van der Waals surface area contributed by atoms with Gasteiger partial charge in [0.25, 0.3) is 0 Å². The van der Waals surface area contributed by atoms with Crippen molar-refractivity contribution in [3.8, 4) is 0 Å². The number of aromatic nitrogens is 1. The largest absolute Gasteiger partial charge is 0.245 e. The highest BCUT2D eigenvalue weighted by atomic mass is 32.2. The molecule has 0 saturated heterocycles. The first kappa shape index (κ1) is 9.03. The van der Waals surface area contributed by atoms with Gasteiger partial charge in [-0.05, 0) is 30.4 Å². The van der Waals surface area contributed by atoms with E-state index in [1.807, 2.05) is 17.3 Å². The molecule has 2 aromatic rings. The highest BCUT2D eigenvalue weighted by Gasteiger charge is 1.98. The lowest BCUT2D eigenvalue weighted by atomic mass is 10.3. The molecule has 2 rings (SSSR count). The summed E-state index contributed by atoms with van der Waals surface area (Å²) in [6, 6.07) is 6.51. The van der Waals surface area contributed by atoms with Crippen molar-refractivity contribution < 1.29 is 0 Å². The molecule has 0 aliphatic rings. The maximum Gasteiger partial charge on any atom is 0.0823 e. The molecule has 0 aliphatic heterocycles. The van der Waals surface area contributed by atoms with E-state index in [2.05, 4.69) is 30.1 Å². The van der Waals surface area contributed by atoms with E-state index in [0.29, 0.717) is 0 Å². The molecule has 1 nitrogen and oxygen atoms in total. The van der Waals surface area contributed by atoms with Crippen LogP contribution in [-0.2, 0) is 0 Å². The lowest BCUT2D eigenvalue weighted by Gasteiger charge is -1.98. The fourth-order valence-electron chi connectivity index (χ4n) is 1.15. The smallest absolute Gasteiger partial charge is 0.0823 e. The molecule has 1 aromatic carbocycles. The monoisotopic (exact) mass is 209 g/mol. The van der Waals surface area contributed by atoms with Crippen LogP contribution in [0.3, 0.4) is 0 Å². The van der Waals surface area contributed by atoms with Crippen molar-refractivity contribution in [1.82, 2.24) is 4.98 Å². The van der Waals surface area contributed by atoms with Gasteiger partial charge in [0.2, 0.25) is 0 Å². The number of thiazole rings is 1. The molecule has 68 valence electrons. The molecule has 13 heavy (non-hydrogen) atoms. The molecule has 0 radical (unpaired) electrons. The van der Waals surface area contributed by atoms with Crippen LogP contribution in [0.1, 0.15) is 13.3 Å². The van der Waals surface area contributed by atoms with Crippen LogP contribution in [0.25, 0.3) is 10.2 Å². The van der Waals surface area contributed by atoms with Crippen molar-refractivity contribution in [2.45, 2.75) is 18.2 Å². The summed E-state index contributed by atoms with van der Waals surface area (Å²) in [5, 5.41) is 0. The maximum absolute atomic E-state index is 4.29. The van der Waals surface area contributed by atoms with Gasteiger partial charge in [0, 0.05) is 4.90 Å². The fraction of sp³-hybridized carbons (Fsp3) is 0.300. The molecular weight excluding hydrogens is 198 g/mol. The van der Waals surface area contributed by atoms with Crippen molar-refractivity contribution in [2.75, 3.05) is 5.75 Å². The van der Waals surface area contributed by atoms with Crippen molar-refractivity contribution in [3.63, 3.8) is 0 Å². The van der Waals surface area contributed by atoms with Crippen molar-refractivity contribution in [3.05, 3.63) is 23.7 Å². The lowest BCUT2D eigenvalue weighted by molar-refractivity contribution is 1.10. The van der Waals surface area contributed by atoms with Gasteiger partial charge in [0.1, 0.15) is 0 Å². The zero-order chi connectivity index (χ0) is 9.10. The first-order chi connectivity index (χ1) is 6.40. The van der Waals surface area contributed by atoms with E-state index in [1.54, 1.807) is 11.3 Å². The second-order valence-electron chi connectivity index (χ2n) is 2.83. The van der Waals surface area contributed by atoms with E-state index >= 15 is 0 Å². The molecule has 1 heterocycles. The summed E-state index contributed by atoms with van der Waals surface area (Å²) in [6.45, 7) is 2.20. The number of fused-ring (bicyclic) bond motifs is 1. The second kappa shape index (κ2) is 4.11. The Balaban J connectivity index is 2.26. The number of benzene rings is 1. The number of thioether (sulfide) groups is 1. The molecule has 0 bridgehead atoms. The number of hydrogen-bond donors (Lipinski definition) is 0. The minimum Gasteiger partial charge on any atom is -0.245 e. The normalized spacial score (nSPS) is 10.8. The Morgan fingerprint density at radius 2 is 2.38 bits per heavy atom. The third kappa shape index (κ3) is 2.03. The molecule has 1 aromatic heterocycles. The predicted octanol–water partition coefficient (Wildman–Crippen LogP) is 3.80. The first-order valence-electron chi connectivity index (χ1n) is 4.36. The minimum absolute atomic E-state index is 1.13. The summed E-state index contributed by atoms with van der Waals surface area (Å²) < 4.78 is 1.28. The van der Waals surface area contributed by atoms with Gasteiger partial charge >= 0.3 is 0 Å². The van der Waals surface area contributed by atoms with E-state index in [9.17, 15) is 0 Å². The van der Waals surface area contributed by atoms with Crippen molar-refractivity contribution in [1.29, 1.82) is 0 Å². The molecular formula is C10H11NS2. The topological polar surface area (TPSA) is 12.9 Å². The summed E-state index contributed by atoms with van der Waals surface area (Å²) in [7, 11) is 0. The summed E-state index contributed by atoms with van der Waals surface area (Å²) in [4.78, 5) is 5.63. The third-order valence-corrected chi connectivity index (χ3v) is 3.78. The highest BCUT2D eigenvalue weighted by molar-refractivity contribution is 7.99. The Morgan fingerprint density at radius 3 is 3.23 bits per heavy atom. The van der Waals surface area contributed by atoms with Crippen molar-refractivity contribution in [2.24, 2.45) is 0 Å². The standard InChI is InChI=1S/C10H11NS2/c1-2-5-12-8-3-4-10-9(6-8)11-7-13-10/h3-4,6-7H,2,5H2,1H3. The molecule has 0 spiro atoms. The average molecular weight is 209 g/mol. The van der Waals surface area contributed by atoms with Gasteiger partial charge in [0.15, 0.2) is 0 Å². The number of nitrogens with zero attached hydrogens (tertiary/aromatic N) is 1. The quantitative estimate of drug-likeness (QED) is 0.713. The van der Waals surface area contributed by atoms with Gasteiger partial charge < -0.3 is 0 Å². The van der Waals surface area contributed by atoms with Crippen molar-refractivity contribution >= 4 is 33.3 Å². The van der Waals surface area contributed by atoms with Crippen LogP contribution in [0.2, 0.25) is 0 Å². The summed E-state index contributed by atoms with van der Waals surface area (Å²) in [5.74, 6) is 1.19. The number of rotatable bonds is 3. The van der Waals surface area contributed by atoms with E-state index in [-0.39, 0.29) is 0 Å². The summed E-state index contributed by atoms with van der Waals surface area (Å²) >= 11 is 3.60. The summed E-state index contributed by atoms with van der Waals surface area (Å²) in [6.07, 6.45) is 1.22. The van der Waals surface area contributed by atoms with E-state index in [0.717, 1.165) is 5.52 Å². The Kier molecular flexibility index (Phi) is 2.86. The zero-order valence-corrected chi connectivity index (χ0v) is 9.12. The number of hydrogen-bond acceptors (Lipinski definition) is 3. The van der Waals surface area contributed by atoms with Crippen LogP contribution in [0.5, 0.6) is 0 Å². The summed E-state index contributed by atoms with van der Waals surface area (Å²) in [5.41, 5.74) is 3.03. The van der Waals surface area contributed by atoms with E-state index in [4.69, 9.17) is 0 Å². The Bertz CT molecular complexity index is 394. The van der Waals surface area contributed by atoms with Gasteiger partial charge in [-0.1, -0.05) is 6.92 Å². The zero-order valence-electron chi connectivity index (χ0n) is 7.49. The Morgan fingerprint density at radius 1 is 1.46 bits per heavy atom.